The molecule has 2 N–H and O–H groups in total. The number of aliphatic imine (C=N–C) groups is 1. The Morgan fingerprint density at radius 2 is 1.69 bits per heavy atom. The largest absolute Gasteiger partial charge is 0.507 e. The molecule has 0 amide bonds. The summed E-state index contributed by atoms with van der Waals surface area (Å²) in [6, 6.07) is 11.3. The average Bonchev–Trinajstić information content (AvgIpc) is 2.98. The van der Waals surface area contributed by atoms with Crippen molar-refractivity contribution in [2.45, 2.75) is 31.1 Å². The molecule has 8 heteroatoms. The fourth-order valence-corrected chi connectivity index (χ4v) is 3.14. The topological polar surface area (TPSA) is 56.8 Å². The molecule has 1 atom stereocenters. The lowest BCUT2D eigenvalue weighted by Crippen LogP contribution is -2.52. The average molecular weight is 366 g/mol. The van der Waals surface area contributed by atoms with E-state index in [2.05, 4.69) is 14.5 Å². The third-order valence-corrected chi connectivity index (χ3v) is 4.45. The zero-order valence-electron chi connectivity index (χ0n) is 13.4. The molecule has 26 heavy (non-hydrogen) atoms. The number of nitrogens with zero attached hydrogens (tertiary/aromatic N) is 1. The number of fused-ring (bicyclic) bond motifs is 2. The lowest BCUT2D eigenvalue weighted by Gasteiger charge is -2.31. The van der Waals surface area contributed by atoms with Crippen molar-refractivity contribution in [2.24, 2.45) is 10.7 Å². The van der Waals surface area contributed by atoms with Crippen LogP contribution in [0.3, 0.4) is 0 Å². The van der Waals surface area contributed by atoms with Gasteiger partial charge >= 0.3 is 12.2 Å². The van der Waals surface area contributed by atoms with Gasteiger partial charge in [-0.3, -0.25) is 4.99 Å². The molecule has 4 rings (SSSR count). The fourth-order valence-electron chi connectivity index (χ4n) is 3.14. The molecular weight excluding hydrogens is 352 g/mol. The highest BCUT2D eigenvalue weighted by molar-refractivity contribution is 5.98. The van der Waals surface area contributed by atoms with Gasteiger partial charge in [-0.2, -0.15) is 17.6 Å². The monoisotopic (exact) mass is 366 g/mol. The SMILES string of the molecule is NC(=NC1CCc2ccccc21)c1ccc2c(c1)OC(F)(F)C(F)(F)O2. The summed E-state index contributed by atoms with van der Waals surface area (Å²) in [6.07, 6.45) is -7.85. The number of benzene rings is 2. The van der Waals surface area contributed by atoms with Gasteiger partial charge in [-0.15, -0.1) is 0 Å². The van der Waals surface area contributed by atoms with Crippen molar-refractivity contribution in [2.75, 3.05) is 0 Å². The van der Waals surface area contributed by atoms with E-state index in [1.54, 1.807) is 0 Å². The second-order valence-corrected chi connectivity index (χ2v) is 6.17. The van der Waals surface area contributed by atoms with Gasteiger partial charge in [-0.05, 0) is 42.2 Å². The molecule has 2 aromatic carbocycles. The lowest BCUT2D eigenvalue weighted by atomic mass is 10.1. The Kier molecular flexibility index (Phi) is 3.61. The number of alkyl halides is 4. The molecule has 0 spiro atoms. The first-order valence-electron chi connectivity index (χ1n) is 7.96. The minimum absolute atomic E-state index is 0.110. The van der Waals surface area contributed by atoms with Gasteiger partial charge in [0, 0.05) is 5.56 Å². The number of nitrogens with two attached hydrogens (primary N) is 1. The van der Waals surface area contributed by atoms with Crippen LogP contribution in [0.4, 0.5) is 17.6 Å². The summed E-state index contributed by atoms with van der Waals surface area (Å²) in [4.78, 5) is 4.46. The summed E-state index contributed by atoms with van der Waals surface area (Å²) in [5.41, 5.74) is 8.55. The Morgan fingerprint density at radius 3 is 2.46 bits per heavy atom. The smallest absolute Gasteiger partial charge is 0.421 e. The van der Waals surface area contributed by atoms with E-state index in [4.69, 9.17) is 5.73 Å². The Bertz CT molecular complexity index is 899. The first-order chi connectivity index (χ1) is 12.3. The normalized spacial score (nSPS) is 22.8. The number of halogens is 4. The zero-order valence-corrected chi connectivity index (χ0v) is 13.4. The van der Waals surface area contributed by atoms with Crippen molar-refractivity contribution >= 4 is 5.84 Å². The van der Waals surface area contributed by atoms with E-state index in [0.29, 0.717) is 0 Å². The van der Waals surface area contributed by atoms with Crippen LogP contribution in [0.1, 0.15) is 29.2 Å². The molecular formula is C18H14F4N2O2. The second-order valence-electron chi connectivity index (χ2n) is 6.17. The molecule has 0 fully saturated rings. The van der Waals surface area contributed by atoms with Gasteiger partial charge in [0.1, 0.15) is 5.84 Å². The lowest BCUT2D eigenvalue weighted by molar-refractivity contribution is -0.391. The molecule has 1 aliphatic carbocycles. The standard InChI is InChI=1S/C18H14F4N2O2/c19-17(20)18(21,22)26-15-9-11(6-8-14(15)25-17)16(23)24-13-7-5-10-3-1-2-4-12(10)13/h1-4,6,8-9,13H,5,7H2,(H2,23,24). The Balaban J connectivity index is 1.64. The van der Waals surface area contributed by atoms with E-state index >= 15 is 0 Å². The Morgan fingerprint density at radius 1 is 1.00 bits per heavy atom. The van der Waals surface area contributed by atoms with Gasteiger partial charge in [0.2, 0.25) is 0 Å². The number of ether oxygens (including phenoxy) is 2. The highest BCUT2D eigenvalue weighted by atomic mass is 19.3. The van der Waals surface area contributed by atoms with Crippen LogP contribution in [0.15, 0.2) is 47.5 Å². The molecule has 0 radical (unpaired) electrons. The molecule has 0 saturated carbocycles. The summed E-state index contributed by atoms with van der Waals surface area (Å²) in [6.45, 7) is 0. The number of hydrogen-bond acceptors (Lipinski definition) is 3. The van der Waals surface area contributed by atoms with Crippen LogP contribution in [-0.4, -0.2) is 18.1 Å². The number of amidine groups is 1. The Hall–Kier alpha value is -2.77. The molecule has 2 aliphatic rings. The molecule has 136 valence electrons. The zero-order chi connectivity index (χ0) is 18.5. The first-order valence-corrected chi connectivity index (χ1v) is 7.96. The fraction of sp³-hybridized carbons (Fsp3) is 0.278. The minimum Gasteiger partial charge on any atom is -0.421 e. The van der Waals surface area contributed by atoms with E-state index in [0.717, 1.165) is 30.5 Å². The molecule has 1 aliphatic heterocycles. The van der Waals surface area contributed by atoms with Crippen LogP contribution < -0.4 is 15.2 Å². The molecule has 1 unspecified atom stereocenters. The Labute approximate surface area is 146 Å². The van der Waals surface area contributed by atoms with E-state index in [1.807, 2.05) is 24.3 Å². The van der Waals surface area contributed by atoms with Crippen LogP contribution in [0.2, 0.25) is 0 Å². The minimum atomic E-state index is -4.77. The van der Waals surface area contributed by atoms with E-state index in [9.17, 15) is 17.6 Å². The maximum absolute atomic E-state index is 13.3. The van der Waals surface area contributed by atoms with Crippen molar-refractivity contribution in [1.82, 2.24) is 0 Å². The number of aryl methyl sites for hydroxylation is 1. The molecule has 0 saturated heterocycles. The van der Waals surface area contributed by atoms with Crippen LogP contribution in [0.5, 0.6) is 11.5 Å². The third kappa shape index (κ3) is 2.65. The van der Waals surface area contributed by atoms with Gasteiger partial charge < -0.3 is 15.2 Å². The van der Waals surface area contributed by atoms with Crippen LogP contribution in [-0.2, 0) is 6.42 Å². The predicted molar refractivity (Wildman–Crippen MR) is 85.8 cm³/mol. The van der Waals surface area contributed by atoms with E-state index < -0.39 is 23.7 Å². The molecule has 4 nitrogen and oxygen atoms in total. The van der Waals surface area contributed by atoms with Gasteiger partial charge in [-0.1, -0.05) is 24.3 Å². The predicted octanol–water partition coefficient (Wildman–Crippen LogP) is 4.04. The van der Waals surface area contributed by atoms with Crippen LogP contribution >= 0.6 is 0 Å². The second kappa shape index (κ2) is 5.62. The maximum Gasteiger partial charge on any atom is 0.507 e. The van der Waals surface area contributed by atoms with Crippen molar-refractivity contribution < 1.29 is 27.0 Å². The van der Waals surface area contributed by atoms with Crippen molar-refractivity contribution in [3.05, 3.63) is 59.2 Å². The van der Waals surface area contributed by atoms with Crippen molar-refractivity contribution in [1.29, 1.82) is 0 Å². The van der Waals surface area contributed by atoms with Gasteiger partial charge in [0.25, 0.3) is 0 Å². The number of rotatable bonds is 2. The van der Waals surface area contributed by atoms with Crippen LogP contribution in [0.25, 0.3) is 0 Å². The van der Waals surface area contributed by atoms with Gasteiger partial charge in [0.05, 0.1) is 6.04 Å². The summed E-state index contributed by atoms with van der Waals surface area (Å²) in [7, 11) is 0. The molecule has 0 aromatic heterocycles. The highest BCUT2D eigenvalue weighted by Gasteiger charge is 2.65. The summed E-state index contributed by atoms with van der Waals surface area (Å²) < 4.78 is 61.2. The summed E-state index contributed by atoms with van der Waals surface area (Å²) >= 11 is 0. The maximum atomic E-state index is 13.3. The van der Waals surface area contributed by atoms with Gasteiger partial charge in [0.15, 0.2) is 11.5 Å². The number of hydrogen-bond donors (Lipinski definition) is 1. The van der Waals surface area contributed by atoms with Crippen molar-refractivity contribution in [3.63, 3.8) is 0 Å². The van der Waals surface area contributed by atoms with Crippen molar-refractivity contribution in [3.8, 4) is 11.5 Å². The van der Waals surface area contributed by atoms with Crippen LogP contribution in [0, 0.1) is 0 Å². The molecule has 1 heterocycles. The van der Waals surface area contributed by atoms with Gasteiger partial charge in [-0.25, -0.2) is 0 Å². The first kappa shape index (κ1) is 16.7. The summed E-state index contributed by atoms with van der Waals surface area (Å²) in [5, 5.41) is 0. The summed E-state index contributed by atoms with van der Waals surface area (Å²) in [5.74, 6) is -0.883. The highest BCUT2D eigenvalue weighted by Crippen LogP contribution is 2.47. The quantitative estimate of drug-likeness (QED) is 0.496. The molecule has 2 aromatic rings. The molecule has 0 bridgehead atoms. The third-order valence-electron chi connectivity index (χ3n) is 4.45. The van der Waals surface area contributed by atoms with E-state index in [1.165, 1.54) is 11.6 Å². The van der Waals surface area contributed by atoms with E-state index in [-0.39, 0.29) is 17.4 Å².